The zero-order chi connectivity index (χ0) is 32.5. The van der Waals surface area contributed by atoms with Crippen molar-refractivity contribution in [2.75, 3.05) is 0 Å². The van der Waals surface area contributed by atoms with Crippen LogP contribution in [0.15, 0.2) is 148 Å². The van der Waals surface area contributed by atoms with Gasteiger partial charge in [0.15, 0.2) is 5.58 Å². The van der Waals surface area contributed by atoms with Crippen molar-refractivity contribution in [2.45, 2.75) is 0 Å². The van der Waals surface area contributed by atoms with Gasteiger partial charge >= 0.3 is 0 Å². The molecule has 0 amide bonds. The molecular weight excluding hydrogens is 635 g/mol. The van der Waals surface area contributed by atoms with Crippen LogP contribution >= 0.6 is 11.3 Å². The molecule has 0 aliphatic carbocycles. The fraction of sp³-hybridized carbons (Fsp3) is 0. The number of hydrogen-bond acceptors (Lipinski definition) is 5. The summed E-state index contributed by atoms with van der Waals surface area (Å²) in [5, 5.41) is 10.5. The minimum Gasteiger partial charge on any atom is -0.456 e. The molecule has 0 saturated heterocycles. The van der Waals surface area contributed by atoms with Crippen LogP contribution in [0.5, 0.6) is 0 Å². The molecule has 5 nitrogen and oxygen atoms in total. The lowest BCUT2D eigenvalue weighted by atomic mass is 10.00. The third-order valence-corrected chi connectivity index (χ3v) is 11.4. The second-order valence-electron chi connectivity index (χ2n) is 12.9. The molecule has 0 saturated carbocycles. The molecule has 0 atom stereocenters. The van der Waals surface area contributed by atoms with Gasteiger partial charge in [0.1, 0.15) is 28.0 Å². The van der Waals surface area contributed by atoms with Crippen molar-refractivity contribution in [1.29, 1.82) is 0 Å². The predicted octanol–water partition coefficient (Wildman–Crippen LogP) is 12.6. The first kappa shape index (κ1) is 26.5. The van der Waals surface area contributed by atoms with Crippen molar-refractivity contribution in [2.24, 2.45) is 0 Å². The Balaban J connectivity index is 1.26. The summed E-state index contributed by atoms with van der Waals surface area (Å²) < 4.78 is 17.6. The zero-order valence-electron chi connectivity index (χ0n) is 26.3. The number of benzene rings is 7. The average molecular weight is 658 g/mol. The summed E-state index contributed by atoms with van der Waals surface area (Å²) in [7, 11) is 0. The van der Waals surface area contributed by atoms with Crippen LogP contribution < -0.4 is 0 Å². The van der Waals surface area contributed by atoms with Crippen LogP contribution in [0.3, 0.4) is 0 Å². The van der Waals surface area contributed by atoms with Crippen LogP contribution in [-0.2, 0) is 0 Å². The van der Waals surface area contributed by atoms with Gasteiger partial charge in [-0.25, -0.2) is 9.97 Å². The molecule has 0 spiro atoms. The first-order chi connectivity index (χ1) is 24.8. The number of para-hydroxylation sites is 3. The van der Waals surface area contributed by atoms with E-state index in [1.54, 1.807) is 0 Å². The van der Waals surface area contributed by atoms with Gasteiger partial charge in [-0.1, -0.05) is 91.0 Å². The fourth-order valence-electron chi connectivity index (χ4n) is 8.08. The summed E-state index contributed by atoms with van der Waals surface area (Å²) in [6.45, 7) is 0. The van der Waals surface area contributed by atoms with Crippen LogP contribution in [0.1, 0.15) is 0 Å². The molecule has 12 aromatic rings. The highest BCUT2D eigenvalue weighted by atomic mass is 32.1. The molecular formula is C44H23N3O2S. The number of thiophene rings is 1. The SMILES string of the molecule is c1ccc2c(c1)oc1ccc(-c3nc(-n4c5ccccc5c5c6sc7ccccc7c6c6ccccc6c54)nc4c3oc3ccccc34)cc12. The van der Waals surface area contributed by atoms with Crippen molar-refractivity contribution in [3.05, 3.63) is 140 Å². The number of fused-ring (bicyclic) bond motifs is 16. The minimum atomic E-state index is 0.605. The molecule has 6 heteroatoms. The highest BCUT2D eigenvalue weighted by molar-refractivity contribution is 7.27. The monoisotopic (exact) mass is 657 g/mol. The lowest BCUT2D eigenvalue weighted by molar-refractivity contribution is 0.666. The van der Waals surface area contributed by atoms with Gasteiger partial charge in [-0.15, -0.1) is 11.3 Å². The molecule has 0 N–H and O–H groups in total. The first-order valence-electron chi connectivity index (χ1n) is 16.7. The molecule has 0 fully saturated rings. The summed E-state index contributed by atoms with van der Waals surface area (Å²) in [5.41, 5.74) is 7.79. The van der Waals surface area contributed by atoms with Gasteiger partial charge in [0, 0.05) is 58.1 Å². The summed E-state index contributed by atoms with van der Waals surface area (Å²) in [6, 6.07) is 48.7. The van der Waals surface area contributed by atoms with Gasteiger partial charge in [-0.05, 0) is 53.9 Å². The van der Waals surface area contributed by atoms with Crippen molar-refractivity contribution in [1.82, 2.24) is 14.5 Å². The van der Waals surface area contributed by atoms with E-state index in [0.29, 0.717) is 11.5 Å². The maximum Gasteiger partial charge on any atom is 0.236 e. The molecule has 0 bridgehead atoms. The normalized spacial score (nSPS) is 12.4. The van der Waals surface area contributed by atoms with E-state index in [-0.39, 0.29) is 0 Å². The number of aromatic nitrogens is 3. The molecule has 50 heavy (non-hydrogen) atoms. The van der Waals surface area contributed by atoms with E-state index < -0.39 is 0 Å². The van der Waals surface area contributed by atoms with Crippen LogP contribution in [0.4, 0.5) is 0 Å². The number of rotatable bonds is 2. The van der Waals surface area contributed by atoms with E-state index in [1.807, 2.05) is 53.8 Å². The highest BCUT2D eigenvalue weighted by Crippen LogP contribution is 2.48. The topological polar surface area (TPSA) is 57.0 Å². The summed E-state index contributed by atoms with van der Waals surface area (Å²) >= 11 is 1.86. The summed E-state index contributed by atoms with van der Waals surface area (Å²) in [6.07, 6.45) is 0. The minimum absolute atomic E-state index is 0.605. The second-order valence-corrected chi connectivity index (χ2v) is 13.9. The maximum absolute atomic E-state index is 6.57. The smallest absolute Gasteiger partial charge is 0.236 e. The molecule has 7 aromatic carbocycles. The van der Waals surface area contributed by atoms with Gasteiger partial charge in [-0.3, -0.25) is 4.57 Å². The van der Waals surface area contributed by atoms with Crippen LogP contribution in [-0.4, -0.2) is 14.5 Å². The summed E-state index contributed by atoms with van der Waals surface area (Å²) in [4.78, 5) is 10.8. The molecule has 0 unspecified atom stereocenters. The largest absolute Gasteiger partial charge is 0.456 e. The predicted molar refractivity (Wildman–Crippen MR) is 207 cm³/mol. The second kappa shape index (κ2) is 9.56. The van der Waals surface area contributed by atoms with Gasteiger partial charge in [-0.2, -0.15) is 0 Å². The van der Waals surface area contributed by atoms with Crippen LogP contribution in [0.2, 0.25) is 0 Å². The molecule has 5 aromatic heterocycles. The highest BCUT2D eigenvalue weighted by Gasteiger charge is 2.25. The van der Waals surface area contributed by atoms with E-state index in [0.717, 1.165) is 60.7 Å². The summed E-state index contributed by atoms with van der Waals surface area (Å²) in [5.74, 6) is 0.605. The lowest BCUT2D eigenvalue weighted by Crippen LogP contribution is -2.03. The Hall–Kier alpha value is -6.50. The Kier molecular flexibility index (Phi) is 5.06. The van der Waals surface area contributed by atoms with Crippen molar-refractivity contribution in [3.63, 3.8) is 0 Å². The molecule has 0 aliphatic rings. The number of hydrogen-bond donors (Lipinski definition) is 0. The van der Waals surface area contributed by atoms with Gasteiger partial charge < -0.3 is 8.83 Å². The maximum atomic E-state index is 6.57. The van der Waals surface area contributed by atoms with Gasteiger partial charge in [0.05, 0.1) is 11.0 Å². The Bertz CT molecular complexity index is 3400. The van der Waals surface area contributed by atoms with Gasteiger partial charge in [0.2, 0.25) is 5.95 Å². The lowest BCUT2D eigenvalue weighted by Gasteiger charge is -2.11. The Morgan fingerprint density at radius 3 is 2.02 bits per heavy atom. The van der Waals surface area contributed by atoms with E-state index in [4.69, 9.17) is 18.8 Å². The number of furan rings is 2. The van der Waals surface area contributed by atoms with E-state index >= 15 is 0 Å². The van der Waals surface area contributed by atoms with Crippen molar-refractivity contribution < 1.29 is 8.83 Å². The average Bonchev–Trinajstić information content (AvgIpc) is 3.93. The van der Waals surface area contributed by atoms with Crippen LogP contribution in [0, 0.1) is 0 Å². The van der Waals surface area contributed by atoms with E-state index in [9.17, 15) is 0 Å². The zero-order valence-corrected chi connectivity index (χ0v) is 27.2. The standard InChI is InChI=1S/C44H23N3O2S/c1-2-13-27-26(12-1)37-30-16-6-10-20-36(30)50-43(37)38-28-14-3-7-17-32(28)47(41(27)38)44-45-39(42-40(46-44)29-15-5-9-19-34(29)49-42)24-21-22-35-31(23-24)25-11-4-8-18-33(25)48-35/h1-23H. The van der Waals surface area contributed by atoms with Crippen LogP contribution in [0.25, 0.3) is 114 Å². The molecule has 0 radical (unpaired) electrons. The molecule has 5 heterocycles. The molecule has 12 rings (SSSR count). The van der Waals surface area contributed by atoms with Crippen molar-refractivity contribution in [3.8, 4) is 17.2 Å². The molecule has 232 valence electrons. The Morgan fingerprint density at radius 2 is 1.16 bits per heavy atom. The third kappa shape index (κ3) is 3.40. The van der Waals surface area contributed by atoms with E-state index in [2.05, 4.69) is 102 Å². The van der Waals surface area contributed by atoms with Crippen molar-refractivity contribution >= 4 is 108 Å². The number of nitrogens with zero attached hydrogens (tertiary/aromatic N) is 3. The quantitative estimate of drug-likeness (QED) is 0.186. The first-order valence-corrected chi connectivity index (χ1v) is 17.5. The molecule has 0 aliphatic heterocycles. The Morgan fingerprint density at radius 1 is 0.500 bits per heavy atom. The third-order valence-electron chi connectivity index (χ3n) is 10.2. The Labute approximate surface area is 287 Å². The van der Waals surface area contributed by atoms with Gasteiger partial charge in [0.25, 0.3) is 0 Å². The fourth-order valence-corrected chi connectivity index (χ4v) is 9.35. The van der Waals surface area contributed by atoms with E-state index in [1.165, 1.54) is 41.7 Å².